The monoisotopic (exact) mass is 328 g/mol. The van der Waals surface area contributed by atoms with E-state index in [1.807, 2.05) is 35.8 Å². The minimum atomic E-state index is -0.226. The number of hydrazone groups is 1. The second-order valence-electron chi connectivity index (χ2n) is 5.09. The number of carbonyl (C=O) groups excluding carboxylic acids is 2. The van der Waals surface area contributed by atoms with E-state index in [2.05, 4.69) is 20.8 Å². The fourth-order valence-electron chi connectivity index (χ4n) is 2.31. The first-order valence-corrected chi connectivity index (χ1v) is 8.23. The van der Waals surface area contributed by atoms with Crippen LogP contribution in [0.4, 0.5) is 0 Å². The standard InChI is InChI=1S/C16H16N4O2S/c21-14-7-6-12(19-20-14)16(22)17-9-8-13-15(18-10-23-13)11-4-2-1-3-5-11/h1-5,10H,6-9H2,(H,17,22)(H,20,21). The molecule has 118 valence electrons. The summed E-state index contributed by atoms with van der Waals surface area (Å²) in [6.07, 6.45) is 1.40. The highest BCUT2D eigenvalue weighted by Crippen LogP contribution is 2.25. The minimum absolute atomic E-state index is 0.154. The molecule has 2 amide bonds. The topological polar surface area (TPSA) is 83.5 Å². The largest absolute Gasteiger partial charge is 0.351 e. The highest BCUT2D eigenvalue weighted by Gasteiger charge is 2.18. The van der Waals surface area contributed by atoms with Crippen molar-refractivity contribution in [3.8, 4) is 11.3 Å². The van der Waals surface area contributed by atoms with Gasteiger partial charge in [-0.1, -0.05) is 30.3 Å². The molecule has 0 unspecified atom stereocenters. The van der Waals surface area contributed by atoms with Crippen LogP contribution in [0.5, 0.6) is 0 Å². The van der Waals surface area contributed by atoms with Crippen LogP contribution in [0, 0.1) is 0 Å². The summed E-state index contributed by atoms with van der Waals surface area (Å²) < 4.78 is 0. The zero-order valence-corrected chi connectivity index (χ0v) is 13.2. The maximum atomic E-state index is 12.0. The lowest BCUT2D eigenvalue weighted by molar-refractivity contribution is -0.121. The molecule has 0 spiro atoms. The first kappa shape index (κ1) is 15.4. The van der Waals surface area contributed by atoms with Crippen molar-refractivity contribution in [2.24, 2.45) is 5.10 Å². The molecule has 3 rings (SSSR count). The third kappa shape index (κ3) is 3.81. The van der Waals surface area contributed by atoms with Crippen molar-refractivity contribution in [3.05, 3.63) is 40.7 Å². The van der Waals surface area contributed by atoms with Gasteiger partial charge in [-0.05, 0) is 0 Å². The predicted octanol–water partition coefficient (Wildman–Crippen LogP) is 1.73. The molecule has 1 aromatic heterocycles. The number of aromatic nitrogens is 1. The highest BCUT2D eigenvalue weighted by atomic mass is 32.1. The Kier molecular flexibility index (Phi) is 4.77. The highest BCUT2D eigenvalue weighted by molar-refractivity contribution is 7.10. The van der Waals surface area contributed by atoms with Gasteiger partial charge in [0.2, 0.25) is 5.91 Å². The molecular formula is C16H16N4O2S. The normalized spacial score (nSPS) is 14.1. The van der Waals surface area contributed by atoms with Gasteiger partial charge in [0, 0.05) is 36.2 Å². The number of benzene rings is 1. The van der Waals surface area contributed by atoms with Gasteiger partial charge in [-0.25, -0.2) is 10.4 Å². The third-order valence-corrected chi connectivity index (χ3v) is 4.39. The fourth-order valence-corrected chi connectivity index (χ4v) is 3.10. The summed E-state index contributed by atoms with van der Waals surface area (Å²) in [7, 11) is 0. The zero-order valence-electron chi connectivity index (χ0n) is 12.4. The number of nitrogens with one attached hydrogen (secondary N) is 2. The van der Waals surface area contributed by atoms with Gasteiger partial charge in [-0.15, -0.1) is 11.3 Å². The van der Waals surface area contributed by atoms with Crippen molar-refractivity contribution in [1.82, 2.24) is 15.7 Å². The molecule has 23 heavy (non-hydrogen) atoms. The summed E-state index contributed by atoms with van der Waals surface area (Å²) in [4.78, 5) is 28.6. The summed E-state index contributed by atoms with van der Waals surface area (Å²) in [6, 6.07) is 9.98. The first-order valence-electron chi connectivity index (χ1n) is 7.35. The molecule has 0 fully saturated rings. The summed E-state index contributed by atoms with van der Waals surface area (Å²) in [6.45, 7) is 0.508. The Morgan fingerprint density at radius 1 is 1.26 bits per heavy atom. The third-order valence-electron chi connectivity index (χ3n) is 3.49. The quantitative estimate of drug-likeness (QED) is 0.877. The first-order chi connectivity index (χ1) is 11.2. The number of hydrogen-bond acceptors (Lipinski definition) is 5. The van der Waals surface area contributed by atoms with E-state index in [9.17, 15) is 9.59 Å². The molecule has 1 aliphatic rings. The van der Waals surface area contributed by atoms with Crippen molar-refractivity contribution in [2.75, 3.05) is 6.54 Å². The van der Waals surface area contributed by atoms with Crippen LogP contribution in [0.1, 0.15) is 17.7 Å². The Labute approximate surface area is 137 Å². The van der Waals surface area contributed by atoms with Gasteiger partial charge < -0.3 is 5.32 Å². The molecule has 0 radical (unpaired) electrons. The number of rotatable bonds is 5. The predicted molar refractivity (Wildman–Crippen MR) is 89.1 cm³/mol. The van der Waals surface area contributed by atoms with Crippen LogP contribution >= 0.6 is 11.3 Å². The molecule has 0 atom stereocenters. The molecule has 1 aliphatic heterocycles. The molecule has 2 N–H and O–H groups in total. The Morgan fingerprint density at radius 3 is 2.83 bits per heavy atom. The van der Waals surface area contributed by atoms with Crippen LogP contribution in [0.15, 0.2) is 40.9 Å². The van der Waals surface area contributed by atoms with Crippen LogP contribution in [0.25, 0.3) is 11.3 Å². The molecule has 2 aromatic rings. The van der Waals surface area contributed by atoms with Crippen molar-refractivity contribution in [2.45, 2.75) is 19.3 Å². The van der Waals surface area contributed by atoms with E-state index >= 15 is 0 Å². The number of hydrogen-bond donors (Lipinski definition) is 2. The smallest absolute Gasteiger partial charge is 0.267 e. The van der Waals surface area contributed by atoms with E-state index in [1.54, 1.807) is 11.3 Å². The lowest BCUT2D eigenvalue weighted by atomic mass is 10.1. The summed E-state index contributed by atoms with van der Waals surface area (Å²) in [5.41, 5.74) is 6.56. The van der Waals surface area contributed by atoms with E-state index in [0.717, 1.165) is 16.1 Å². The fraction of sp³-hybridized carbons (Fsp3) is 0.250. The maximum Gasteiger partial charge on any atom is 0.267 e. The van der Waals surface area contributed by atoms with Gasteiger partial charge in [0.1, 0.15) is 5.71 Å². The van der Waals surface area contributed by atoms with E-state index in [-0.39, 0.29) is 11.8 Å². The van der Waals surface area contributed by atoms with E-state index in [4.69, 9.17) is 0 Å². The van der Waals surface area contributed by atoms with Gasteiger partial charge in [0.15, 0.2) is 0 Å². The summed E-state index contributed by atoms with van der Waals surface area (Å²) >= 11 is 1.58. The average molecular weight is 328 g/mol. The van der Waals surface area contributed by atoms with Gasteiger partial charge in [0.05, 0.1) is 11.2 Å². The molecule has 1 aromatic carbocycles. The summed E-state index contributed by atoms with van der Waals surface area (Å²) in [5, 5.41) is 6.63. The molecule has 0 aliphatic carbocycles. The average Bonchev–Trinajstić information content (AvgIpc) is 3.05. The molecule has 0 saturated heterocycles. The van der Waals surface area contributed by atoms with Crippen molar-refractivity contribution in [1.29, 1.82) is 0 Å². The number of thiazole rings is 1. The van der Waals surface area contributed by atoms with E-state index in [0.29, 0.717) is 31.5 Å². The lowest BCUT2D eigenvalue weighted by Gasteiger charge is -2.11. The van der Waals surface area contributed by atoms with Gasteiger partial charge in [-0.3, -0.25) is 9.59 Å². The van der Waals surface area contributed by atoms with Crippen molar-refractivity contribution < 1.29 is 9.59 Å². The number of carbonyl (C=O) groups is 2. The van der Waals surface area contributed by atoms with Crippen LogP contribution in [0.3, 0.4) is 0 Å². The van der Waals surface area contributed by atoms with Crippen LogP contribution in [0.2, 0.25) is 0 Å². The van der Waals surface area contributed by atoms with E-state index < -0.39 is 0 Å². The second kappa shape index (κ2) is 7.15. The van der Waals surface area contributed by atoms with Crippen molar-refractivity contribution in [3.63, 3.8) is 0 Å². The number of nitrogens with zero attached hydrogens (tertiary/aromatic N) is 2. The minimum Gasteiger partial charge on any atom is -0.351 e. The SMILES string of the molecule is O=C1CCC(C(=O)NCCc2scnc2-c2ccccc2)=NN1. The Bertz CT molecular complexity index is 740. The Balaban J connectivity index is 1.57. The maximum absolute atomic E-state index is 12.0. The molecule has 7 heteroatoms. The lowest BCUT2D eigenvalue weighted by Crippen LogP contribution is -2.37. The molecule has 0 saturated carbocycles. The van der Waals surface area contributed by atoms with Crippen LogP contribution < -0.4 is 10.7 Å². The second-order valence-corrected chi connectivity index (χ2v) is 6.03. The zero-order chi connectivity index (χ0) is 16.1. The van der Waals surface area contributed by atoms with Crippen molar-refractivity contribution >= 4 is 28.9 Å². The van der Waals surface area contributed by atoms with Crippen LogP contribution in [-0.4, -0.2) is 29.1 Å². The van der Waals surface area contributed by atoms with Gasteiger partial charge in [0.25, 0.3) is 5.91 Å². The Morgan fingerprint density at radius 2 is 2.09 bits per heavy atom. The van der Waals surface area contributed by atoms with Gasteiger partial charge in [-0.2, -0.15) is 5.10 Å². The Hall–Kier alpha value is -2.54. The van der Waals surface area contributed by atoms with Gasteiger partial charge >= 0.3 is 0 Å². The van der Waals surface area contributed by atoms with Crippen LogP contribution in [-0.2, 0) is 16.0 Å². The molecular weight excluding hydrogens is 312 g/mol. The molecule has 2 heterocycles. The summed E-state index contributed by atoms with van der Waals surface area (Å²) in [5.74, 6) is -0.380. The number of amides is 2. The molecule has 6 nitrogen and oxygen atoms in total. The van der Waals surface area contributed by atoms with E-state index in [1.165, 1.54) is 0 Å². The molecule has 0 bridgehead atoms.